The number of hydrogen-bond acceptors (Lipinski definition) is 8. The van der Waals surface area contributed by atoms with Gasteiger partial charge >= 0.3 is 11.9 Å². The molecule has 1 aliphatic rings. The lowest BCUT2D eigenvalue weighted by Crippen LogP contribution is -2.30. The van der Waals surface area contributed by atoms with Crippen LogP contribution in [0.3, 0.4) is 0 Å². The van der Waals surface area contributed by atoms with E-state index in [1.54, 1.807) is 0 Å². The Morgan fingerprint density at radius 2 is 1.88 bits per heavy atom. The van der Waals surface area contributed by atoms with E-state index < -0.39 is 23.0 Å². The van der Waals surface area contributed by atoms with Gasteiger partial charge in [0.15, 0.2) is 6.10 Å². The Morgan fingerprint density at radius 3 is 2.42 bits per heavy atom. The first-order valence-corrected chi connectivity index (χ1v) is 7.36. The van der Waals surface area contributed by atoms with Crippen LogP contribution in [0.15, 0.2) is 12.1 Å². The number of esters is 2. The largest absolute Gasteiger partial charge is 0.483 e. The van der Waals surface area contributed by atoms with Crippen LogP contribution < -0.4 is 10.1 Å². The zero-order chi connectivity index (χ0) is 17.7. The summed E-state index contributed by atoms with van der Waals surface area (Å²) in [6, 6.07) is 2.85. The monoisotopic (exact) mass is 338 g/mol. The van der Waals surface area contributed by atoms with Gasteiger partial charge < -0.3 is 19.5 Å². The van der Waals surface area contributed by atoms with E-state index in [1.807, 2.05) is 0 Å². The first-order chi connectivity index (χ1) is 11.4. The predicted octanol–water partition coefficient (Wildman–Crippen LogP) is 1.44. The second-order valence-electron chi connectivity index (χ2n) is 5.22. The molecule has 2 rings (SSSR count). The van der Waals surface area contributed by atoms with Crippen LogP contribution in [-0.2, 0) is 25.5 Å². The van der Waals surface area contributed by atoms with Crippen LogP contribution in [0.1, 0.15) is 19.4 Å². The first-order valence-electron chi connectivity index (χ1n) is 7.36. The number of hydrogen-bond donors (Lipinski definition) is 1. The molecule has 0 bridgehead atoms. The standard InChI is InChI=1S/C15H18N2O7/c1-9(18)22-7-11(8-23-10(2)19)24-14-4-3-13(17(20)21)15-12(14)5-6-16-15/h3-4,11,16H,5-8H2,1-2H3. The molecule has 0 aromatic heterocycles. The van der Waals surface area contributed by atoms with Gasteiger partial charge in [-0.2, -0.15) is 0 Å². The topological polar surface area (TPSA) is 117 Å². The maximum absolute atomic E-state index is 11.1. The van der Waals surface area contributed by atoms with Gasteiger partial charge in [0.25, 0.3) is 5.69 Å². The Morgan fingerprint density at radius 1 is 1.25 bits per heavy atom. The molecule has 0 amide bonds. The summed E-state index contributed by atoms with van der Waals surface area (Å²) in [4.78, 5) is 32.5. The molecule has 0 unspecified atom stereocenters. The number of nitro groups is 1. The Kier molecular flexibility index (Phi) is 5.56. The number of benzene rings is 1. The zero-order valence-electron chi connectivity index (χ0n) is 13.4. The number of anilines is 1. The Bertz CT molecular complexity index is 641. The summed E-state index contributed by atoms with van der Waals surface area (Å²) in [7, 11) is 0. The predicted molar refractivity (Wildman–Crippen MR) is 83.0 cm³/mol. The highest BCUT2D eigenvalue weighted by atomic mass is 16.6. The molecule has 1 aromatic carbocycles. The van der Waals surface area contributed by atoms with Gasteiger partial charge in [-0.05, 0) is 12.5 Å². The smallest absolute Gasteiger partial charge is 0.302 e. The van der Waals surface area contributed by atoms with Crippen LogP contribution >= 0.6 is 0 Å². The minimum Gasteiger partial charge on any atom is -0.483 e. The summed E-state index contributed by atoms with van der Waals surface area (Å²) in [5, 5.41) is 14.0. The Labute approximate surface area is 138 Å². The van der Waals surface area contributed by atoms with Crippen LogP contribution in [0.4, 0.5) is 11.4 Å². The van der Waals surface area contributed by atoms with E-state index in [2.05, 4.69) is 5.32 Å². The van der Waals surface area contributed by atoms with E-state index in [0.29, 0.717) is 30.0 Å². The van der Waals surface area contributed by atoms with E-state index in [0.717, 1.165) is 0 Å². The molecular formula is C15H18N2O7. The van der Waals surface area contributed by atoms with Crippen molar-refractivity contribution in [3.05, 3.63) is 27.8 Å². The fraction of sp³-hybridized carbons (Fsp3) is 0.467. The van der Waals surface area contributed by atoms with Gasteiger partial charge in [0.05, 0.1) is 4.92 Å². The van der Waals surface area contributed by atoms with Crippen molar-refractivity contribution in [1.82, 2.24) is 0 Å². The molecule has 1 heterocycles. The maximum Gasteiger partial charge on any atom is 0.302 e. The number of rotatable bonds is 7. The molecule has 0 saturated carbocycles. The quantitative estimate of drug-likeness (QED) is 0.451. The van der Waals surface area contributed by atoms with Crippen molar-refractivity contribution < 1.29 is 28.7 Å². The zero-order valence-corrected chi connectivity index (χ0v) is 13.4. The van der Waals surface area contributed by atoms with Crippen LogP contribution in [-0.4, -0.2) is 42.7 Å². The number of carbonyl (C=O) groups excluding carboxylic acids is 2. The van der Waals surface area contributed by atoms with Crippen LogP contribution in [0, 0.1) is 10.1 Å². The van der Waals surface area contributed by atoms with Gasteiger partial charge in [0, 0.05) is 32.0 Å². The fourth-order valence-corrected chi connectivity index (χ4v) is 2.35. The first kappa shape index (κ1) is 17.5. The number of fused-ring (bicyclic) bond motifs is 1. The third kappa shape index (κ3) is 4.34. The van der Waals surface area contributed by atoms with Crippen molar-refractivity contribution in [3.63, 3.8) is 0 Å². The van der Waals surface area contributed by atoms with Crippen molar-refractivity contribution >= 4 is 23.3 Å². The summed E-state index contributed by atoms with van der Waals surface area (Å²) in [5.74, 6) is -0.533. The molecular weight excluding hydrogens is 320 g/mol. The summed E-state index contributed by atoms with van der Waals surface area (Å²) in [6.45, 7) is 2.89. The number of nitrogens with one attached hydrogen (secondary N) is 1. The summed E-state index contributed by atoms with van der Waals surface area (Å²) >= 11 is 0. The summed E-state index contributed by atoms with van der Waals surface area (Å²) in [6.07, 6.45) is -0.135. The molecule has 130 valence electrons. The lowest BCUT2D eigenvalue weighted by Gasteiger charge is -2.20. The van der Waals surface area contributed by atoms with Crippen LogP contribution in [0.5, 0.6) is 5.75 Å². The molecule has 0 radical (unpaired) electrons. The highest BCUT2D eigenvalue weighted by Crippen LogP contribution is 2.39. The molecule has 0 aliphatic carbocycles. The van der Waals surface area contributed by atoms with E-state index >= 15 is 0 Å². The van der Waals surface area contributed by atoms with Crippen molar-refractivity contribution in [2.24, 2.45) is 0 Å². The van der Waals surface area contributed by atoms with E-state index in [4.69, 9.17) is 14.2 Å². The highest BCUT2D eigenvalue weighted by molar-refractivity contribution is 5.73. The van der Waals surface area contributed by atoms with Crippen LogP contribution in [0.2, 0.25) is 0 Å². The van der Waals surface area contributed by atoms with Gasteiger partial charge in [-0.1, -0.05) is 0 Å². The molecule has 9 heteroatoms. The highest BCUT2D eigenvalue weighted by Gasteiger charge is 2.27. The molecule has 1 aliphatic heterocycles. The number of carbonyl (C=O) groups is 2. The normalized spacial score (nSPS) is 12.3. The average molecular weight is 338 g/mol. The molecule has 0 saturated heterocycles. The van der Waals surface area contributed by atoms with E-state index in [1.165, 1.54) is 26.0 Å². The fourth-order valence-electron chi connectivity index (χ4n) is 2.35. The lowest BCUT2D eigenvalue weighted by molar-refractivity contribution is -0.384. The Hall–Kier alpha value is -2.84. The Balaban J connectivity index is 2.18. The maximum atomic E-state index is 11.1. The van der Waals surface area contributed by atoms with Crippen molar-refractivity contribution in [2.75, 3.05) is 25.1 Å². The minimum absolute atomic E-state index is 0.0219. The number of ether oxygens (including phenoxy) is 3. The van der Waals surface area contributed by atoms with Gasteiger partial charge in [-0.15, -0.1) is 0 Å². The number of nitrogens with zero attached hydrogens (tertiary/aromatic N) is 1. The van der Waals surface area contributed by atoms with Crippen molar-refractivity contribution in [2.45, 2.75) is 26.4 Å². The number of nitro benzene ring substituents is 1. The van der Waals surface area contributed by atoms with Crippen molar-refractivity contribution in [3.8, 4) is 5.75 Å². The average Bonchev–Trinajstić information content (AvgIpc) is 2.99. The van der Waals surface area contributed by atoms with E-state index in [9.17, 15) is 19.7 Å². The van der Waals surface area contributed by atoms with E-state index in [-0.39, 0.29) is 18.9 Å². The second-order valence-corrected chi connectivity index (χ2v) is 5.22. The van der Waals surface area contributed by atoms with Gasteiger partial charge in [-0.25, -0.2) is 0 Å². The molecule has 1 aromatic rings. The molecule has 1 N–H and O–H groups in total. The molecule has 0 fully saturated rings. The summed E-state index contributed by atoms with van der Waals surface area (Å²) < 4.78 is 15.6. The summed E-state index contributed by atoms with van der Waals surface area (Å²) in [5.41, 5.74) is 1.09. The van der Waals surface area contributed by atoms with Crippen LogP contribution in [0.25, 0.3) is 0 Å². The third-order valence-electron chi connectivity index (χ3n) is 3.36. The second kappa shape index (κ2) is 7.62. The molecule has 24 heavy (non-hydrogen) atoms. The SMILES string of the molecule is CC(=O)OCC(COC(C)=O)Oc1ccc([N+](=O)[O-])c2c1CCN2. The van der Waals surface area contributed by atoms with Gasteiger partial charge in [0.1, 0.15) is 24.7 Å². The lowest BCUT2D eigenvalue weighted by atomic mass is 10.1. The van der Waals surface area contributed by atoms with Gasteiger partial charge in [-0.3, -0.25) is 19.7 Å². The van der Waals surface area contributed by atoms with Crippen molar-refractivity contribution in [1.29, 1.82) is 0 Å². The molecule has 9 nitrogen and oxygen atoms in total. The molecule has 0 atom stereocenters. The van der Waals surface area contributed by atoms with Gasteiger partial charge in [0.2, 0.25) is 0 Å². The molecule has 0 spiro atoms. The third-order valence-corrected chi connectivity index (χ3v) is 3.36. The minimum atomic E-state index is -0.705.